The summed E-state index contributed by atoms with van der Waals surface area (Å²) in [4.78, 5) is 25.7. The summed E-state index contributed by atoms with van der Waals surface area (Å²) >= 11 is 0. The molecule has 174 valence electrons. The van der Waals surface area contributed by atoms with Crippen LogP contribution in [0.3, 0.4) is 0 Å². The molecule has 0 aromatic carbocycles. The molecule has 2 aromatic rings. The third kappa shape index (κ3) is 5.40. The van der Waals surface area contributed by atoms with Crippen LogP contribution in [-0.2, 0) is 20.0 Å². The van der Waals surface area contributed by atoms with Crippen molar-refractivity contribution >= 4 is 11.6 Å². The molecule has 1 unspecified atom stereocenters. The Balaban J connectivity index is 1.94. The van der Waals surface area contributed by atoms with Crippen molar-refractivity contribution in [1.82, 2.24) is 24.3 Å². The molecule has 3 rings (SSSR count). The lowest BCUT2D eigenvalue weighted by molar-refractivity contribution is 0.230. The number of fused-ring (bicyclic) bond motifs is 1. The summed E-state index contributed by atoms with van der Waals surface area (Å²) in [5, 5.41) is 0. The number of hydrogen-bond acceptors (Lipinski definition) is 5. The van der Waals surface area contributed by atoms with Gasteiger partial charge in [-0.15, -0.1) is 0 Å². The number of nitrogens with zero attached hydrogens (tertiary/aromatic N) is 5. The van der Waals surface area contributed by atoms with E-state index >= 15 is 0 Å². The van der Waals surface area contributed by atoms with Crippen LogP contribution in [0.25, 0.3) is 11.6 Å². The van der Waals surface area contributed by atoms with Gasteiger partial charge in [0.05, 0.1) is 0 Å². The maximum absolute atomic E-state index is 12.0. The molecule has 0 bridgehead atoms. The van der Waals surface area contributed by atoms with Crippen molar-refractivity contribution in [2.24, 2.45) is 7.05 Å². The number of hydrogen-bond donors (Lipinski definition) is 0. The predicted molar refractivity (Wildman–Crippen MR) is 137 cm³/mol. The highest BCUT2D eigenvalue weighted by Gasteiger charge is 2.24. The second-order valence-electron chi connectivity index (χ2n) is 8.71. The molecule has 0 spiro atoms. The summed E-state index contributed by atoms with van der Waals surface area (Å²) in [6, 6.07) is 3.85. The van der Waals surface area contributed by atoms with Crippen LogP contribution in [0, 0.1) is 0 Å². The third-order valence-corrected chi connectivity index (χ3v) is 6.33. The van der Waals surface area contributed by atoms with Crippen LogP contribution in [0.15, 0.2) is 65.4 Å². The van der Waals surface area contributed by atoms with Gasteiger partial charge < -0.3 is 4.90 Å². The topological polar surface area (TPSA) is 54.3 Å². The second kappa shape index (κ2) is 10.6. The smallest absolute Gasteiger partial charge is 0.253 e. The van der Waals surface area contributed by atoms with Crippen molar-refractivity contribution in [3.05, 3.63) is 93.6 Å². The Morgan fingerprint density at radius 2 is 2.03 bits per heavy atom. The summed E-state index contributed by atoms with van der Waals surface area (Å²) < 4.78 is 1.58. The van der Waals surface area contributed by atoms with Crippen LogP contribution < -0.4 is 5.56 Å². The minimum atomic E-state index is -0.0590. The minimum Gasteiger partial charge on any atom is -0.381 e. The Morgan fingerprint density at radius 3 is 2.70 bits per heavy atom. The van der Waals surface area contributed by atoms with Crippen LogP contribution >= 0.6 is 0 Å². The average molecular weight is 446 g/mol. The molecule has 33 heavy (non-hydrogen) atoms. The van der Waals surface area contributed by atoms with Crippen molar-refractivity contribution in [3.63, 3.8) is 0 Å². The SMILES string of the molecule is C=C/C(=C(/C)N(C)C)c1cnc2c(c1)CN(C(/C=C\C)/C(C)=C\c1nccc(=O)n1C)CC2. The molecule has 6 nitrogen and oxygen atoms in total. The van der Waals surface area contributed by atoms with Crippen LogP contribution in [0.5, 0.6) is 0 Å². The molecule has 0 radical (unpaired) electrons. The normalized spacial score (nSPS) is 16.4. The van der Waals surface area contributed by atoms with Gasteiger partial charge in [-0.25, -0.2) is 4.98 Å². The molecular weight excluding hydrogens is 410 g/mol. The maximum atomic E-state index is 12.0. The fourth-order valence-corrected chi connectivity index (χ4v) is 4.20. The molecule has 0 amide bonds. The lowest BCUT2D eigenvalue weighted by Gasteiger charge is -2.34. The zero-order valence-corrected chi connectivity index (χ0v) is 20.7. The number of allylic oxidation sites excluding steroid dienone is 4. The van der Waals surface area contributed by atoms with Crippen LogP contribution in [0.2, 0.25) is 0 Å². The first kappa shape index (κ1) is 24.4. The Labute approximate surface area is 197 Å². The molecule has 1 aliphatic rings. The van der Waals surface area contributed by atoms with Gasteiger partial charge in [0.15, 0.2) is 0 Å². The fraction of sp³-hybridized carbons (Fsp3) is 0.370. The maximum Gasteiger partial charge on any atom is 0.253 e. The Bertz CT molecular complexity index is 1170. The lowest BCUT2D eigenvalue weighted by atomic mass is 9.96. The van der Waals surface area contributed by atoms with E-state index in [9.17, 15) is 4.79 Å². The summed E-state index contributed by atoms with van der Waals surface area (Å²) in [5.41, 5.74) is 6.84. The van der Waals surface area contributed by atoms with Gasteiger partial charge in [0.2, 0.25) is 0 Å². The molecule has 0 fully saturated rings. The van der Waals surface area contributed by atoms with Crippen molar-refractivity contribution in [3.8, 4) is 0 Å². The van der Waals surface area contributed by atoms with E-state index in [0.29, 0.717) is 5.82 Å². The molecule has 2 aromatic heterocycles. The van der Waals surface area contributed by atoms with E-state index in [-0.39, 0.29) is 11.6 Å². The molecule has 0 saturated heterocycles. The highest BCUT2D eigenvalue weighted by atomic mass is 16.1. The Kier molecular flexibility index (Phi) is 7.82. The standard InChI is InChI=1S/C27H35N5O/c1-8-10-25(19(3)15-26-28-13-11-27(33)31(26)7)32-14-12-24-22(18-32)16-21(17-29-24)23(9-2)20(4)30(5)6/h8-11,13,15-17,25H,2,12,14,18H2,1,3-7H3/b10-8-,19-15-,23-20+. The molecule has 1 aliphatic heterocycles. The molecule has 3 heterocycles. The van der Waals surface area contributed by atoms with E-state index in [1.165, 1.54) is 11.6 Å². The largest absolute Gasteiger partial charge is 0.381 e. The Hall–Kier alpha value is -3.25. The van der Waals surface area contributed by atoms with Crippen LogP contribution in [0.1, 0.15) is 43.4 Å². The highest BCUT2D eigenvalue weighted by molar-refractivity contribution is 5.75. The third-order valence-electron chi connectivity index (χ3n) is 6.33. The van der Waals surface area contributed by atoms with Gasteiger partial charge in [-0.3, -0.25) is 19.2 Å². The van der Waals surface area contributed by atoms with Gasteiger partial charge in [0, 0.05) is 87.7 Å². The lowest BCUT2D eigenvalue weighted by Crippen LogP contribution is -2.39. The summed E-state index contributed by atoms with van der Waals surface area (Å²) in [7, 11) is 5.84. The number of rotatable bonds is 7. The van der Waals surface area contributed by atoms with Crippen molar-refractivity contribution in [1.29, 1.82) is 0 Å². The summed E-state index contributed by atoms with van der Waals surface area (Å²) in [6.45, 7) is 12.0. The highest BCUT2D eigenvalue weighted by Crippen LogP contribution is 2.27. The van der Waals surface area contributed by atoms with E-state index in [2.05, 4.69) is 53.4 Å². The summed E-state index contributed by atoms with van der Waals surface area (Å²) in [6.07, 6.45) is 12.6. The second-order valence-corrected chi connectivity index (χ2v) is 8.71. The van der Waals surface area contributed by atoms with Gasteiger partial charge in [-0.1, -0.05) is 24.8 Å². The predicted octanol–water partition coefficient (Wildman–Crippen LogP) is 4.06. The first-order valence-corrected chi connectivity index (χ1v) is 11.3. The van der Waals surface area contributed by atoms with Crippen LogP contribution in [0.4, 0.5) is 0 Å². The quantitative estimate of drug-likeness (QED) is 0.475. The number of pyridine rings is 1. The molecule has 1 atom stereocenters. The van der Waals surface area contributed by atoms with Gasteiger partial charge in [0.1, 0.15) is 5.82 Å². The fourth-order valence-electron chi connectivity index (χ4n) is 4.20. The van der Waals surface area contributed by atoms with Crippen molar-refractivity contribution in [2.75, 3.05) is 20.6 Å². The van der Waals surface area contributed by atoms with Crippen molar-refractivity contribution in [2.45, 2.75) is 39.8 Å². The summed E-state index contributed by atoms with van der Waals surface area (Å²) in [5.74, 6) is 0.663. The zero-order chi connectivity index (χ0) is 24.1. The monoisotopic (exact) mass is 445 g/mol. The molecule has 6 heteroatoms. The van der Waals surface area contributed by atoms with Gasteiger partial charge in [0.25, 0.3) is 5.56 Å². The van der Waals surface area contributed by atoms with Crippen molar-refractivity contribution < 1.29 is 0 Å². The van der Waals surface area contributed by atoms with Gasteiger partial charge in [-0.05, 0) is 44.1 Å². The van der Waals surface area contributed by atoms with E-state index in [0.717, 1.165) is 47.6 Å². The first-order valence-electron chi connectivity index (χ1n) is 11.3. The molecule has 0 saturated carbocycles. The van der Waals surface area contributed by atoms with Gasteiger partial charge >= 0.3 is 0 Å². The zero-order valence-electron chi connectivity index (χ0n) is 20.7. The van der Waals surface area contributed by atoms with Gasteiger partial charge in [-0.2, -0.15) is 0 Å². The van der Waals surface area contributed by atoms with E-state index < -0.39 is 0 Å². The first-order chi connectivity index (χ1) is 15.8. The average Bonchev–Trinajstić information content (AvgIpc) is 2.80. The van der Waals surface area contributed by atoms with E-state index in [1.54, 1.807) is 17.8 Å². The Morgan fingerprint density at radius 1 is 1.27 bits per heavy atom. The minimum absolute atomic E-state index is 0.0590. The van der Waals surface area contributed by atoms with E-state index in [4.69, 9.17) is 4.98 Å². The molecular formula is C27H35N5O. The molecule has 0 N–H and O–H groups in total. The molecule has 0 aliphatic carbocycles. The van der Waals surface area contributed by atoms with Crippen LogP contribution in [-0.4, -0.2) is 51.0 Å². The van der Waals surface area contributed by atoms with E-state index in [1.807, 2.05) is 39.4 Å². The number of aromatic nitrogens is 3.